The zero-order valence-electron chi connectivity index (χ0n) is 10.4. The maximum Gasteiger partial charge on any atom is 0.276 e. The van der Waals surface area contributed by atoms with E-state index in [4.69, 9.17) is 0 Å². The fourth-order valence-corrected chi connectivity index (χ4v) is 1.53. The number of anilines is 1. The molecule has 0 radical (unpaired) electrons. The predicted octanol–water partition coefficient (Wildman–Crippen LogP) is -1.54. The minimum Gasteiger partial charge on any atom is -0.545 e. The van der Waals surface area contributed by atoms with Gasteiger partial charge in [-0.25, -0.2) is 4.98 Å². The van der Waals surface area contributed by atoms with Crippen LogP contribution >= 0.6 is 0 Å². The molecule has 1 aromatic carbocycles. The van der Waals surface area contributed by atoms with Crippen LogP contribution in [0.2, 0.25) is 0 Å². The van der Waals surface area contributed by atoms with Crippen LogP contribution in [-0.4, -0.2) is 27.8 Å². The number of benzene rings is 1. The van der Waals surface area contributed by atoms with Crippen LogP contribution in [0.4, 0.5) is 5.69 Å². The van der Waals surface area contributed by atoms with Gasteiger partial charge in [-0.2, -0.15) is 0 Å². The Morgan fingerprint density at radius 3 is 1.95 bits per heavy atom. The summed E-state index contributed by atoms with van der Waals surface area (Å²) < 4.78 is 0. The first-order valence-electron chi connectivity index (χ1n) is 5.64. The summed E-state index contributed by atoms with van der Waals surface area (Å²) in [5, 5.41) is 23.8. The maximum atomic E-state index is 11.9. The van der Waals surface area contributed by atoms with Gasteiger partial charge in [0.15, 0.2) is 5.69 Å². The number of carboxylic acid groups (broad SMARTS) is 2. The lowest BCUT2D eigenvalue weighted by molar-refractivity contribution is -0.256. The first-order chi connectivity index (χ1) is 9.99. The van der Waals surface area contributed by atoms with Crippen molar-refractivity contribution in [3.63, 3.8) is 0 Å². The molecule has 1 amide bonds. The van der Waals surface area contributed by atoms with Gasteiger partial charge in [-0.1, -0.05) is 12.1 Å². The number of nitrogens with zero attached hydrogens (tertiary/aromatic N) is 2. The van der Waals surface area contributed by atoms with Crippen molar-refractivity contribution in [3.8, 4) is 0 Å². The van der Waals surface area contributed by atoms with Crippen molar-refractivity contribution in [1.82, 2.24) is 9.97 Å². The SMILES string of the molecule is O=C([O-])c1ccc(NC(=O)c2nccnc2C(=O)[O-])cc1. The summed E-state index contributed by atoms with van der Waals surface area (Å²) in [6.45, 7) is 0. The molecule has 21 heavy (non-hydrogen) atoms. The molecule has 2 aromatic rings. The van der Waals surface area contributed by atoms with E-state index in [2.05, 4.69) is 15.3 Å². The van der Waals surface area contributed by atoms with Gasteiger partial charge in [0, 0.05) is 18.1 Å². The molecule has 8 heteroatoms. The van der Waals surface area contributed by atoms with Crippen LogP contribution in [0.1, 0.15) is 31.3 Å². The van der Waals surface area contributed by atoms with Gasteiger partial charge in [0.2, 0.25) is 0 Å². The second kappa shape index (κ2) is 5.78. The zero-order chi connectivity index (χ0) is 15.4. The lowest BCUT2D eigenvalue weighted by Gasteiger charge is -2.09. The molecule has 1 heterocycles. The van der Waals surface area contributed by atoms with Crippen LogP contribution in [-0.2, 0) is 0 Å². The van der Waals surface area contributed by atoms with Gasteiger partial charge < -0.3 is 25.1 Å². The molecule has 2 rings (SSSR count). The molecule has 8 nitrogen and oxygen atoms in total. The largest absolute Gasteiger partial charge is 0.545 e. The van der Waals surface area contributed by atoms with Crippen LogP contribution in [0.3, 0.4) is 0 Å². The van der Waals surface area contributed by atoms with Crippen molar-refractivity contribution in [3.05, 3.63) is 53.6 Å². The summed E-state index contributed by atoms with van der Waals surface area (Å²) in [5.41, 5.74) is -0.772. The Balaban J connectivity index is 2.22. The smallest absolute Gasteiger partial charge is 0.276 e. The lowest BCUT2D eigenvalue weighted by Crippen LogP contribution is -2.28. The van der Waals surface area contributed by atoms with Crippen LogP contribution in [0, 0.1) is 0 Å². The molecule has 1 N–H and O–H groups in total. The van der Waals surface area contributed by atoms with E-state index in [1.54, 1.807) is 0 Å². The summed E-state index contributed by atoms with van der Waals surface area (Å²) in [4.78, 5) is 40.5. The van der Waals surface area contributed by atoms with E-state index >= 15 is 0 Å². The summed E-state index contributed by atoms with van der Waals surface area (Å²) in [6.07, 6.45) is 2.29. The monoisotopic (exact) mass is 285 g/mol. The first kappa shape index (κ1) is 14.1. The van der Waals surface area contributed by atoms with Gasteiger partial charge in [-0.05, 0) is 17.7 Å². The van der Waals surface area contributed by atoms with E-state index in [9.17, 15) is 24.6 Å². The molecular weight excluding hydrogens is 278 g/mol. The summed E-state index contributed by atoms with van der Waals surface area (Å²) in [7, 11) is 0. The highest BCUT2D eigenvalue weighted by Crippen LogP contribution is 2.11. The number of carbonyl (C=O) groups excluding carboxylic acids is 3. The van der Waals surface area contributed by atoms with E-state index in [-0.39, 0.29) is 11.3 Å². The number of carbonyl (C=O) groups is 3. The molecule has 0 unspecified atom stereocenters. The molecular formula is C13H7N3O5-2. The normalized spacial score (nSPS) is 9.90. The molecule has 0 aliphatic heterocycles. The Morgan fingerprint density at radius 2 is 1.43 bits per heavy atom. The Bertz CT molecular complexity index is 712. The number of aromatic nitrogens is 2. The molecule has 106 valence electrons. The lowest BCUT2D eigenvalue weighted by atomic mass is 10.2. The molecule has 1 aromatic heterocycles. The van der Waals surface area contributed by atoms with Crippen LogP contribution < -0.4 is 15.5 Å². The van der Waals surface area contributed by atoms with Gasteiger partial charge >= 0.3 is 0 Å². The third kappa shape index (κ3) is 3.18. The quantitative estimate of drug-likeness (QED) is 0.718. The van der Waals surface area contributed by atoms with Crippen LogP contribution in [0.5, 0.6) is 0 Å². The van der Waals surface area contributed by atoms with Gasteiger partial charge in [0.25, 0.3) is 5.91 Å². The van der Waals surface area contributed by atoms with Crippen LogP contribution in [0.15, 0.2) is 36.7 Å². The highest BCUT2D eigenvalue weighted by atomic mass is 16.4. The fraction of sp³-hybridized carbons (Fsp3) is 0. The Kier molecular flexibility index (Phi) is 3.89. The average molecular weight is 285 g/mol. The molecule has 0 bridgehead atoms. The van der Waals surface area contributed by atoms with Crippen molar-refractivity contribution in [2.24, 2.45) is 0 Å². The van der Waals surface area contributed by atoms with Gasteiger partial charge in [0.05, 0.1) is 11.9 Å². The Labute approximate surface area is 118 Å². The van der Waals surface area contributed by atoms with Gasteiger partial charge in [-0.15, -0.1) is 0 Å². The topological polar surface area (TPSA) is 135 Å². The summed E-state index contributed by atoms with van der Waals surface area (Å²) >= 11 is 0. The Hall–Kier alpha value is -3.29. The average Bonchev–Trinajstić information content (AvgIpc) is 2.47. The highest BCUT2D eigenvalue weighted by molar-refractivity contribution is 6.08. The molecule has 0 spiro atoms. The number of carboxylic acids is 2. The van der Waals surface area contributed by atoms with Crippen molar-refractivity contribution >= 4 is 23.5 Å². The van der Waals surface area contributed by atoms with Gasteiger partial charge in [0.1, 0.15) is 5.69 Å². The number of nitrogens with one attached hydrogen (secondary N) is 1. The molecule has 0 fully saturated rings. The highest BCUT2D eigenvalue weighted by Gasteiger charge is 2.15. The van der Waals surface area contributed by atoms with E-state index in [0.29, 0.717) is 0 Å². The second-order valence-corrected chi connectivity index (χ2v) is 3.86. The van der Waals surface area contributed by atoms with Crippen molar-refractivity contribution in [2.75, 3.05) is 5.32 Å². The summed E-state index contributed by atoms with van der Waals surface area (Å²) in [5.74, 6) is -3.77. The predicted molar refractivity (Wildman–Crippen MR) is 65.1 cm³/mol. The molecule has 0 aliphatic rings. The van der Waals surface area contributed by atoms with Gasteiger partial charge in [-0.3, -0.25) is 9.78 Å². The van der Waals surface area contributed by atoms with Crippen molar-refractivity contribution in [2.45, 2.75) is 0 Å². The number of hydrogen-bond acceptors (Lipinski definition) is 7. The molecule has 0 atom stereocenters. The second-order valence-electron chi connectivity index (χ2n) is 3.86. The van der Waals surface area contributed by atoms with E-state index in [0.717, 1.165) is 6.20 Å². The number of hydrogen-bond donors (Lipinski definition) is 1. The first-order valence-corrected chi connectivity index (χ1v) is 5.64. The van der Waals surface area contributed by atoms with Crippen molar-refractivity contribution < 1.29 is 24.6 Å². The van der Waals surface area contributed by atoms with Crippen molar-refractivity contribution in [1.29, 1.82) is 0 Å². The standard InChI is InChI=1S/C13H9N3O5/c17-11(9-10(13(20)21)15-6-5-14-9)16-8-3-1-7(2-4-8)12(18)19/h1-6H,(H,16,17)(H,18,19)(H,20,21)/p-2. The molecule has 0 saturated heterocycles. The number of aromatic carboxylic acids is 2. The third-order valence-electron chi connectivity index (χ3n) is 2.49. The maximum absolute atomic E-state index is 11.9. The van der Waals surface area contributed by atoms with E-state index in [1.165, 1.54) is 30.5 Å². The minimum absolute atomic E-state index is 0.0528. The minimum atomic E-state index is -1.62. The third-order valence-corrected chi connectivity index (χ3v) is 2.49. The number of amides is 1. The van der Waals surface area contributed by atoms with Crippen LogP contribution in [0.25, 0.3) is 0 Å². The van der Waals surface area contributed by atoms with E-state index < -0.39 is 29.2 Å². The molecule has 0 saturated carbocycles. The number of rotatable bonds is 4. The van der Waals surface area contributed by atoms with E-state index in [1.807, 2.05) is 0 Å². The summed E-state index contributed by atoms with van der Waals surface area (Å²) in [6, 6.07) is 5.14. The fourth-order valence-electron chi connectivity index (χ4n) is 1.53. The zero-order valence-corrected chi connectivity index (χ0v) is 10.4. The Morgan fingerprint density at radius 1 is 0.857 bits per heavy atom. The molecule has 0 aliphatic carbocycles.